The van der Waals surface area contributed by atoms with Gasteiger partial charge in [0, 0.05) is 0 Å². The van der Waals surface area contributed by atoms with Gasteiger partial charge in [-0.15, -0.1) is 0 Å². The largest absolute Gasteiger partial charge is 0.462 e. The van der Waals surface area contributed by atoms with Gasteiger partial charge >= 0.3 is 5.97 Å². The number of carbonyl (C=O) groups is 1. The lowest BCUT2D eigenvalue weighted by Gasteiger charge is -2.00. The van der Waals surface area contributed by atoms with Crippen LogP contribution < -0.4 is 0 Å². The summed E-state index contributed by atoms with van der Waals surface area (Å²) < 4.78 is 4.76. The van der Waals surface area contributed by atoms with Crippen molar-refractivity contribution in [3.05, 3.63) is 41.0 Å². The van der Waals surface area contributed by atoms with Crippen LogP contribution in [0.25, 0.3) is 6.08 Å². The Bertz CT molecular complexity index is 438. The molecule has 3 nitrogen and oxygen atoms in total. The molecule has 1 rings (SSSR count). The average molecular weight is 215 g/mol. The van der Waals surface area contributed by atoms with E-state index in [1.165, 1.54) is 6.08 Å². The van der Waals surface area contributed by atoms with Gasteiger partial charge in [-0.05, 0) is 25.5 Å². The predicted octanol–water partition coefficient (Wildman–Crippen LogP) is 2.47. The van der Waals surface area contributed by atoms with Gasteiger partial charge in [-0.25, -0.2) is 4.79 Å². The molecule has 0 saturated carbocycles. The van der Waals surface area contributed by atoms with Crippen molar-refractivity contribution in [3.8, 4) is 6.07 Å². The van der Waals surface area contributed by atoms with Crippen LogP contribution in [0.15, 0.2) is 29.8 Å². The molecule has 82 valence electrons. The van der Waals surface area contributed by atoms with E-state index in [0.29, 0.717) is 0 Å². The molecule has 0 aliphatic carbocycles. The lowest BCUT2D eigenvalue weighted by atomic mass is 10.1. The van der Waals surface area contributed by atoms with E-state index in [0.717, 1.165) is 11.1 Å². The second-order valence-corrected chi connectivity index (χ2v) is 3.30. The molecule has 0 aromatic heterocycles. The first-order valence-electron chi connectivity index (χ1n) is 5.03. The Morgan fingerprint density at radius 2 is 2.06 bits per heavy atom. The maximum absolute atomic E-state index is 11.3. The lowest BCUT2D eigenvalue weighted by molar-refractivity contribution is -0.137. The minimum absolute atomic E-state index is 0.0192. The molecular weight excluding hydrogens is 202 g/mol. The normalized spacial score (nSPS) is 10.7. The van der Waals surface area contributed by atoms with E-state index in [1.807, 2.05) is 37.3 Å². The number of ether oxygens (including phenoxy) is 1. The standard InChI is InChI=1S/C13H13NO2/c1-3-16-13(15)12(9-14)8-11-6-4-10(2)5-7-11/h4-8H,3H2,1-2H3. The number of carbonyl (C=O) groups excluding carboxylic acids is 1. The van der Waals surface area contributed by atoms with Crippen molar-refractivity contribution in [2.24, 2.45) is 0 Å². The highest BCUT2D eigenvalue weighted by molar-refractivity contribution is 5.97. The summed E-state index contributed by atoms with van der Waals surface area (Å²) in [7, 11) is 0. The highest BCUT2D eigenvalue weighted by atomic mass is 16.5. The molecule has 0 radical (unpaired) electrons. The highest BCUT2D eigenvalue weighted by Crippen LogP contribution is 2.09. The number of hydrogen-bond acceptors (Lipinski definition) is 3. The number of hydrogen-bond donors (Lipinski definition) is 0. The Morgan fingerprint density at radius 1 is 1.44 bits per heavy atom. The van der Waals surface area contributed by atoms with Crippen LogP contribution in [-0.2, 0) is 9.53 Å². The fraction of sp³-hybridized carbons (Fsp3) is 0.231. The number of esters is 1. The molecule has 16 heavy (non-hydrogen) atoms. The smallest absolute Gasteiger partial charge is 0.348 e. The quantitative estimate of drug-likeness (QED) is 0.442. The molecule has 0 bridgehead atoms. The summed E-state index contributed by atoms with van der Waals surface area (Å²) in [6.45, 7) is 3.95. The Hall–Kier alpha value is -2.08. The van der Waals surface area contributed by atoms with Crippen molar-refractivity contribution in [2.75, 3.05) is 6.61 Å². The summed E-state index contributed by atoms with van der Waals surface area (Å²) >= 11 is 0. The summed E-state index contributed by atoms with van der Waals surface area (Å²) in [5.74, 6) is -0.578. The van der Waals surface area contributed by atoms with Crippen LogP contribution in [0.2, 0.25) is 0 Å². The van der Waals surface area contributed by atoms with E-state index in [1.54, 1.807) is 6.92 Å². The van der Waals surface area contributed by atoms with E-state index in [-0.39, 0.29) is 12.2 Å². The van der Waals surface area contributed by atoms with Crippen LogP contribution in [0.1, 0.15) is 18.1 Å². The van der Waals surface area contributed by atoms with E-state index in [9.17, 15) is 4.79 Å². The Balaban J connectivity index is 2.92. The number of rotatable bonds is 3. The second kappa shape index (κ2) is 5.72. The minimum Gasteiger partial charge on any atom is -0.462 e. The molecule has 0 N–H and O–H groups in total. The van der Waals surface area contributed by atoms with Crippen LogP contribution in [0.4, 0.5) is 0 Å². The molecule has 3 heteroatoms. The summed E-state index contributed by atoms with van der Waals surface area (Å²) in [5.41, 5.74) is 1.97. The fourth-order valence-corrected chi connectivity index (χ4v) is 1.18. The van der Waals surface area contributed by atoms with Crippen LogP contribution in [0.3, 0.4) is 0 Å². The first kappa shape index (κ1) is 12.0. The summed E-state index contributed by atoms with van der Waals surface area (Å²) in [5, 5.41) is 8.82. The third-order valence-corrected chi connectivity index (χ3v) is 2.00. The van der Waals surface area contributed by atoms with Gasteiger partial charge in [-0.1, -0.05) is 29.8 Å². The summed E-state index contributed by atoms with van der Waals surface area (Å²) in [6, 6.07) is 9.39. The third-order valence-electron chi connectivity index (χ3n) is 2.00. The highest BCUT2D eigenvalue weighted by Gasteiger charge is 2.09. The van der Waals surface area contributed by atoms with E-state index in [2.05, 4.69) is 0 Å². The molecule has 0 fully saturated rings. The average Bonchev–Trinajstić information content (AvgIpc) is 2.28. The monoisotopic (exact) mass is 215 g/mol. The molecule has 0 spiro atoms. The number of nitriles is 1. The predicted molar refractivity (Wildman–Crippen MR) is 61.4 cm³/mol. The van der Waals surface area contributed by atoms with Gasteiger partial charge in [0.15, 0.2) is 0 Å². The van der Waals surface area contributed by atoms with Crippen LogP contribution >= 0.6 is 0 Å². The van der Waals surface area contributed by atoms with Crippen LogP contribution in [-0.4, -0.2) is 12.6 Å². The molecule has 0 aliphatic heterocycles. The lowest BCUT2D eigenvalue weighted by Crippen LogP contribution is -2.05. The molecular formula is C13H13NO2. The van der Waals surface area contributed by atoms with Gasteiger partial charge < -0.3 is 4.74 Å². The second-order valence-electron chi connectivity index (χ2n) is 3.30. The van der Waals surface area contributed by atoms with Crippen LogP contribution in [0.5, 0.6) is 0 Å². The fourth-order valence-electron chi connectivity index (χ4n) is 1.18. The zero-order valence-corrected chi connectivity index (χ0v) is 9.36. The molecule has 0 amide bonds. The Kier molecular flexibility index (Phi) is 4.28. The van der Waals surface area contributed by atoms with Gasteiger partial charge in [0.1, 0.15) is 11.6 Å². The van der Waals surface area contributed by atoms with Gasteiger partial charge in [0.25, 0.3) is 0 Å². The minimum atomic E-state index is -0.578. The van der Waals surface area contributed by atoms with E-state index >= 15 is 0 Å². The summed E-state index contributed by atoms with van der Waals surface area (Å²) in [6.07, 6.45) is 1.53. The van der Waals surface area contributed by atoms with Crippen molar-refractivity contribution in [1.29, 1.82) is 5.26 Å². The Morgan fingerprint density at radius 3 is 2.56 bits per heavy atom. The first-order valence-corrected chi connectivity index (χ1v) is 5.03. The van der Waals surface area contributed by atoms with Crippen molar-refractivity contribution in [3.63, 3.8) is 0 Å². The maximum Gasteiger partial charge on any atom is 0.348 e. The maximum atomic E-state index is 11.3. The van der Waals surface area contributed by atoms with E-state index < -0.39 is 5.97 Å². The number of aryl methyl sites for hydroxylation is 1. The zero-order chi connectivity index (χ0) is 12.0. The van der Waals surface area contributed by atoms with Crippen molar-refractivity contribution in [2.45, 2.75) is 13.8 Å². The molecule has 0 aliphatic rings. The third kappa shape index (κ3) is 3.25. The van der Waals surface area contributed by atoms with Crippen molar-refractivity contribution in [1.82, 2.24) is 0 Å². The van der Waals surface area contributed by atoms with Gasteiger partial charge in [-0.3, -0.25) is 0 Å². The SMILES string of the molecule is CCOC(=O)C(C#N)=Cc1ccc(C)cc1. The molecule has 1 aromatic rings. The molecule has 0 atom stereocenters. The molecule has 0 heterocycles. The van der Waals surface area contributed by atoms with Gasteiger partial charge in [0.2, 0.25) is 0 Å². The summed E-state index contributed by atoms with van der Waals surface area (Å²) in [4.78, 5) is 11.3. The van der Waals surface area contributed by atoms with Gasteiger partial charge in [-0.2, -0.15) is 5.26 Å². The molecule has 0 unspecified atom stereocenters. The van der Waals surface area contributed by atoms with Gasteiger partial charge in [0.05, 0.1) is 6.61 Å². The first-order chi connectivity index (χ1) is 7.67. The van der Waals surface area contributed by atoms with Crippen LogP contribution in [0, 0.1) is 18.3 Å². The topological polar surface area (TPSA) is 50.1 Å². The molecule has 1 aromatic carbocycles. The van der Waals surface area contributed by atoms with E-state index in [4.69, 9.17) is 10.00 Å². The number of benzene rings is 1. The zero-order valence-electron chi connectivity index (χ0n) is 9.36. The van der Waals surface area contributed by atoms with Crippen molar-refractivity contribution >= 4 is 12.0 Å². The van der Waals surface area contributed by atoms with Crippen molar-refractivity contribution < 1.29 is 9.53 Å². The number of nitrogens with zero attached hydrogens (tertiary/aromatic N) is 1. The Labute approximate surface area is 95.0 Å². The molecule has 0 saturated heterocycles.